The third-order valence-corrected chi connectivity index (χ3v) is 5.91. The second kappa shape index (κ2) is 7.33. The van der Waals surface area contributed by atoms with Crippen molar-refractivity contribution in [2.24, 2.45) is 0 Å². The first-order chi connectivity index (χ1) is 13.7. The third kappa shape index (κ3) is 3.81. The lowest BCUT2D eigenvalue weighted by Crippen LogP contribution is -2.72. The first kappa shape index (κ1) is 19.7. The lowest BCUT2D eigenvalue weighted by atomic mass is 9.87. The van der Waals surface area contributed by atoms with Crippen molar-refractivity contribution in [1.29, 1.82) is 0 Å². The molecular weight excluding hydrogens is 381 g/mol. The van der Waals surface area contributed by atoms with Crippen LogP contribution in [0.15, 0.2) is 42.6 Å². The molecule has 4 rings (SSSR count). The fourth-order valence-electron chi connectivity index (χ4n) is 4.18. The number of hydrogen-bond acceptors (Lipinski definition) is 3. The van der Waals surface area contributed by atoms with Crippen molar-refractivity contribution in [2.75, 3.05) is 18.4 Å². The third-order valence-electron chi connectivity index (χ3n) is 5.91. The zero-order valence-electron chi connectivity index (χ0n) is 16.3. The molecule has 0 saturated carbocycles. The number of piperazine rings is 1. The van der Waals surface area contributed by atoms with Gasteiger partial charge in [-0.3, -0.25) is 9.88 Å². The van der Waals surface area contributed by atoms with E-state index in [0.29, 0.717) is 5.69 Å². The summed E-state index contributed by atoms with van der Waals surface area (Å²) in [5, 5.41) is 2.90. The fourth-order valence-corrected chi connectivity index (χ4v) is 4.18. The number of halogens is 3. The minimum Gasteiger partial charge on any atom is -0.316 e. The Labute approximate surface area is 167 Å². The van der Waals surface area contributed by atoms with Gasteiger partial charge in [-0.1, -0.05) is 12.1 Å². The average molecular weight is 404 g/mol. The van der Waals surface area contributed by atoms with E-state index in [2.05, 4.69) is 10.3 Å². The van der Waals surface area contributed by atoms with Gasteiger partial charge >= 0.3 is 12.2 Å². The SMILES string of the molecule is Cc1ccc(NC(=O)N2C3CC2CN([C@@H](C)C(F)(F)F)C3)cc1-c1ccccn1. The molecular formula is C21H23F3N4O. The molecule has 2 fully saturated rings. The Kier molecular flexibility index (Phi) is 4.98. The molecule has 0 radical (unpaired) electrons. The number of aryl methyl sites for hydroxylation is 1. The highest BCUT2D eigenvalue weighted by atomic mass is 19.4. The van der Waals surface area contributed by atoms with Crippen LogP contribution in [0.3, 0.4) is 0 Å². The van der Waals surface area contributed by atoms with Gasteiger partial charge in [-0.05, 0) is 50.1 Å². The summed E-state index contributed by atoms with van der Waals surface area (Å²) in [4.78, 5) is 20.2. The van der Waals surface area contributed by atoms with Gasteiger partial charge in [0.05, 0.1) is 5.69 Å². The molecule has 2 aliphatic rings. The van der Waals surface area contributed by atoms with Crippen LogP contribution in [0.1, 0.15) is 18.9 Å². The zero-order valence-corrected chi connectivity index (χ0v) is 16.3. The Balaban J connectivity index is 1.44. The summed E-state index contributed by atoms with van der Waals surface area (Å²) in [7, 11) is 0. The van der Waals surface area contributed by atoms with Crippen molar-refractivity contribution >= 4 is 11.7 Å². The Hall–Kier alpha value is -2.61. The van der Waals surface area contributed by atoms with Gasteiger partial charge in [-0.15, -0.1) is 0 Å². The van der Waals surface area contributed by atoms with E-state index in [9.17, 15) is 18.0 Å². The first-order valence-corrected chi connectivity index (χ1v) is 9.66. The molecule has 29 heavy (non-hydrogen) atoms. The molecule has 2 saturated heterocycles. The van der Waals surface area contributed by atoms with Gasteiger partial charge in [-0.2, -0.15) is 13.2 Å². The van der Waals surface area contributed by atoms with Crippen LogP contribution in [0.4, 0.5) is 23.7 Å². The maximum Gasteiger partial charge on any atom is 0.403 e. The number of urea groups is 1. The number of hydrogen-bond donors (Lipinski definition) is 1. The van der Waals surface area contributed by atoms with E-state index in [0.717, 1.165) is 23.2 Å². The minimum absolute atomic E-state index is 0.181. The molecule has 2 aromatic rings. The van der Waals surface area contributed by atoms with Crippen molar-refractivity contribution < 1.29 is 18.0 Å². The number of rotatable bonds is 3. The van der Waals surface area contributed by atoms with Gasteiger partial charge in [-0.25, -0.2) is 4.79 Å². The lowest BCUT2D eigenvalue weighted by Gasteiger charge is -2.57. The molecule has 1 N–H and O–H groups in total. The van der Waals surface area contributed by atoms with Crippen molar-refractivity contribution in [3.05, 3.63) is 48.2 Å². The van der Waals surface area contributed by atoms with E-state index in [-0.39, 0.29) is 31.2 Å². The standard InChI is InChI=1S/C21H23F3N4O/c1-13-6-7-15(9-18(13)19-5-3-4-8-25-19)26-20(29)28-16-10-17(28)12-27(11-16)14(2)21(22,23)24/h3-9,14,16-17H,10-12H2,1-2H3,(H,26,29)/t14-,16?,17?/m0/s1. The van der Waals surface area contributed by atoms with Crippen LogP contribution in [0.25, 0.3) is 11.3 Å². The van der Waals surface area contributed by atoms with E-state index in [1.165, 1.54) is 11.8 Å². The normalized spacial score (nSPS) is 22.7. The number of anilines is 1. The molecule has 2 unspecified atom stereocenters. The quantitative estimate of drug-likeness (QED) is 0.830. The number of pyridine rings is 1. The molecule has 154 valence electrons. The van der Waals surface area contributed by atoms with E-state index in [1.54, 1.807) is 11.1 Å². The molecule has 3 heterocycles. The van der Waals surface area contributed by atoms with Gasteiger partial charge in [0.25, 0.3) is 0 Å². The van der Waals surface area contributed by atoms with E-state index in [1.807, 2.05) is 43.3 Å². The number of alkyl halides is 3. The van der Waals surface area contributed by atoms with Crippen LogP contribution < -0.4 is 5.32 Å². The molecule has 0 aliphatic carbocycles. The number of piperidine rings is 1. The van der Waals surface area contributed by atoms with Crippen molar-refractivity contribution in [3.63, 3.8) is 0 Å². The number of aromatic nitrogens is 1. The number of likely N-dealkylation sites (tertiary alicyclic amines) is 2. The van der Waals surface area contributed by atoms with Crippen molar-refractivity contribution in [3.8, 4) is 11.3 Å². The number of fused-ring (bicyclic) bond motifs is 2. The molecule has 1 aromatic carbocycles. The van der Waals surface area contributed by atoms with Crippen molar-refractivity contribution in [1.82, 2.24) is 14.8 Å². The Morgan fingerprint density at radius 3 is 2.55 bits per heavy atom. The summed E-state index contributed by atoms with van der Waals surface area (Å²) in [5.74, 6) is 0. The smallest absolute Gasteiger partial charge is 0.316 e. The summed E-state index contributed by atoms with van der Waals surface area (Å²) in [6.45, 7) is 3.65. The summed E-state index contributed by atoms with van der Waals surface area (Å²) in [6, 6.07) is 9.16. The van der Waals surface area contributed by atoms with Crippen LogP contribution >= 0.6 is 0 Å². The number of benzene rings is 1. The van der Waals surface area contributed by atoms with Crippen LogP contribution in [0, 0.1) is 6.92 Å². The van der Waals surface area contributed by atoms with Gasteiger partial charge in [0.2, 0.25) is 0 Å². The van der Waals surface area contributed by atoms with E-state index < -0.39 is 12.2 Å². The molecule has 3 atom stereocenters. The summed E-state index contributed by atoms with van der Waals surface area (Å²) in [6.07, 6.45) is -1.78. The highest BCUT2D eigenvalue weighted by molar-refractivity contribution is 5.91. The zero-order chi connectivity index (χ0) is 20.8. The Bertz CT molecular complexity index is 891. The second-order valence-corrected chi connectivity index (χ2v) is 7.80. The van der Waals surface area contributed by atoms with Gasteiger partial charge < -0.3 is 10.2 Å². The molecule has 0 spiro atoms. The predicted octanol–water partition coefficient (Wildman–Crippen LogP) is 4.30. The number of nitrogens with zero attached hydrogens (tertiary/aromatic N) is 3. The fraction of sp³-hybridized carbons (Fsp3) is 0.429. The Morgan fingerprint density at radius 2 is 1.93 bits per heavy atom. The number of amides is 2. The molecule has 2 aliphatic heterocycles. The van der Waals surface area contributed by atoms with Crippen molar-refractivity contribution in [2.45, 2.75) is 44.6 Å². The molecule has 1 aromatic heterocycles. The maximum atomic E-state index is 13.0. The molecule has 8 heteroatoms. The maximum absolute atomic E-state index is 13.0. The first-order valence-electron chi connectivity index (χ1n) is 9.66. The van der Waals surface area contributed by atoms with Crippen LogP contribution in [0.2, 0.25) is 0 Å². The lowest BCUT2D eigenvalue weighted by molar-refractivity contribution is -0.194. The largest absolute Gasteiger partial charge is 0.403 e. The second-order valence-electron chi connectivity index (χ2n) is 7.80. The van der Waals surface area contributed by atoms with Crippen LogP contribution in [-0.4, -0.2) is 58.2 Å². The topological polar surface area (TPSA) is 48.5 Å². The minimum atomic E-state index is -4.25. The molecule has 2 bridgehead atoms. The number of carbonyl (C=O) groups is 1. The molecule has 2 amide bonds. The highest BCUT2D eigenvalue weighted by Crippen LogP contribution is 2.36. The van der Waals surface area contributed by atoms with Gasteiger partial charge in [0.15, 0.2) is 0 Å². The number of nitrogens with one attached hydrogen (secondary N) is 1. The van der Waals surface area contributed by atoms with Crippen LogP contribution in [-0.2, 0) is 0 Å². The monoisotopic (exact) mass is 404 g/mol. The van der Waals surface area contributed by atoms with Crippen LogP contribution in [0.5, 0.6) is 0 Å². The Morgan fingerprint density at radius 1 is 1.21 bits per heavy atom. The highest BCUT2D eigenvalue weighted by Gasteiger charge is 2.51. The van der Waals surface area contributed by atoms with Gasteiger partial charge in [0, 0.05) is 42.6 Å². The summed E-state index contributed by atoms with van der Waals surface area (Å²) in [5.41, 5.74) is 3.43. The summed E-state index contributed by atoms with van der Waals surface area (Å²) >= 11 is 0. The summed E-state index contributed by atoms with van der Waals surface area (Å²) < 4.78 is 39.0. The average Bonchev–Trinajstić information content (AvgIpc) is 2.68. The number of carbonyl (C=O) groups excluding carboxylic acids is 1. The predicted molar refractivity (Wildman–Crippen MR) is 105 cm³/mol. The molecule has 5 nitrogen and oxygen atoms in total. The van der Waals surface area contributed by atoms with Gasteiger partial charge in [0.1, 0.15) is 6.04 Å². The van der Waals surface area contributed by atoms with E-state index in [4.69, 9.17) is 0 Å². The van der Waals surface area contributed by atoms with E-state index >= 15 is 0 Å².